The number of aliphatic hydroxyl groups is 1. The molecule has 0 amide bonds. The van der Waals surface area contributed by atoms with E-state index in [1.54, 1.807) is 13.0 Å². The van der Waals surface area contributed by atoms with E-state index in [1.807, 2.05) is 4.90 Å². The maximum Gasteiger partial charge on any atom is 0.387 e. The Kier molecular flexibility index (Phi) is 3.75. The second-order valence-electron chi connectivity index (χ2n) is 4.77. The molecule has 2 rings (SSSR count). The first kappa shape index (κ1) is 13.5. The van der Waals surface area contributed by atoms with Gasteiger partial charge in [0.2, 0.25) is 0 Å². The zero-order valence-electron chi connectivity index (χ0n) is 9.87. The Hall–Kier alpha value is -0.910. The van der Waals surface area contributed by atoms with E-state index in [0.717, 1.165) is 0 Å². The van der Waals surface area contributed by atoms with Gasteiger partial charge in [0.05, 0.1) is 5.60 Å². The van der Waals surface area contributed by atoms with Crippen molar-refractivity contribution in [3.8, 4) is 5.75 Å². The first-order chi connectivity index (χ1) is 8.35. The molecule has 0 bridgehead atoms. The number of halogens is 3. The minimum Gasteiger partial charge on any atom is -0.434 e. The van der Waals surface area contributed by atoms with Gasteiger partial charge in [0, 0.05) is 30.2 Å². The summed E-state index contributed by atoms with van der Waals surface area (Å²) in [6.45, 7) is 0.322. The van der Waals surface area contributed by atoms with Gasteiger partial charge in [0.1, 0.15) is 5.75 Å². The van der Waals surface area contributed by atoms with Crippen LogP contribution in [0.1, 0.15) is 12.5 Å². The number of rotatable bonds is 4. The van der Waals surface area contributed by atoms with E-state index in [-0.39, 0.29) is 5.75 Å². The van der Waals surface area contributed by atoms with Crippen molar-refractivity contribution in [1.82, 2.24) is 4.90 Å². The molecule has 0 aromatic heterocycles. The van der Waals surface area contributed by atoms with Crippen LogP contribution >= 0.6 is 11.6 Å². The summed E-state index contributed by atoms with van der Waals surface area (Å²) in [5.41, 5.74) is -0.0965. The smallest absolute Gasteiger partial charge is 0.387 e. The third kappa shape index (κ3) is 3.31. The van der Waals surface area contributed by atoms with Crippen LogP contribution in [0.5, 0.6) is 5.75 Å². The lowest BCUT2D eigenvalue weighted by Crippen LogP contribution is -2.59. The van der Waals surface area contributed by atoms with Gasteiger partial charge in [-0.15, -0.1) is 0 Å². The van der Waals surface area contributed by atoms with Crippen LogP contribution < -0.4 is 4.74 Å². The second kappa shape index (κ2) is 4.99. The van der Waals surface area contributed by atoms with Crippen molar-refractivity contribution < 1.29 is 18.6 Å². The van der Waals surface area contributed by atoms with E-state index in [0.29, 0.717) is 30.2 Å². The highest BCUT2D eigenvalue weighted by molar-refractivity contribution is 6.30. The SMILES string of the molecule is CC1(O)CN(Cc2cc(Cl)ccc2OC(F)F)C1. The molecule has 1 fully saturated rings. The fourth-order valence-corrected chi connectivity index (χ4v) is 2.35. The van der Waals surface area contributed by atoms with Crippen molar-refractivity contribution in [3.63, 3.8) is 0 Å². The Morgan fingerprint density at radius 2 is 2.17 bits per heavy atom. The molecule has 100 valence electrons. The summed E-state index contributed by atoms with van der Waals surface area (Å²) in [5.74, 6) is 0.126. The monoisotopic (exact) mass is 277 g/mol. The van der Waals surface area contributed by atoms with Crippen LogP contribution in [0.2, 0.25) is 5.02 Å². The number of likely N-dealkylation sites (tertiary alicyclic amines) is 1. The minimum absolute atomic E-state index is 0.126. The molecule has 0 saturated carbocycles. The molecule has 0 unspecified atom stereocenters. The van der Waals surface area contributed by atoms with Crippen LogP contribution in [-0.2, 0) is 6.54 Å². The fourth-order valence-electron chi connectivity index (χ4n) is 2.15. The first-order valence-electron chi connectivity index (χ1n) is 5.54. The zero-order chi connectivity index (χ0) is 13.3. The van der Waals surface area contributed by atoms with Crippen molar-refractivity contribution in [3.05, 3.63) is 28.8 Å². The maximum atomic E-state index is 12.2. The minimum atomic E-state index is -2.86. The molecule has 1 aliphatic rings. The van der Waals surface area contributed by atoms with Crippen LogP contribution in [-0.4, -0.2) is 35.3 Å². The number of alkyl halides is 2. The standard InChI is InChI=1S/C12H14ClF2NO2/c1-12(17)6-16(7-12)5-8-4-9(13)2-3-10(8)18-11(14)15/h2-4,11,17H,5-7H2,1H3. The highest BCUT2D eigenvalue weighted by atomic mass is 35.5. The highest BCUT2D eigenvalue weighted by Crippen LogP contribution is 2.29. The molecule has 0 radical (unpaired) electrons. The van der Waals surface area contributed by atoms with E-state index in [1.165, 1.54) is 12.1 Å². The van der Waals surface area contributed by atoms with E-state index in [2.05, 4.69) is 4.74 Å². The molecule has 1 aromatic rings. The average molecular weight is 278 g/mol. The Balaban J connectivity index is 2.08. The molecular formula is C12H14ClF2NO2. The van der Waals surface area contributed by atoms with E-state index in [9.17, 15) is 13.9 Å². The van der Waals surface area contributed by atoms with Gasteiger partial charge in [-0.2, -0.15) is 8.78 Å². The summed E-state index contributed by atoms with van der Waals surface area (Å²) in [6, 6.07) is 4.54. The summed E-state index contributed by atoms with van der Waals surface area (Å²) in [5, 5.41) is 10.1. The summed E-state index contributed by atoms with van der Waals surface area (Å²) in [7, 11) is 0. The largest absolute Gasteiger partial charge is 0.434 e. The molecule has 0 spiro atoms. The molecule has 1 N–H and O–H groups in total. The van der Waals surface area contributed by atoms with Crippen LogP contribution in [0.4, 0.5) is 8.78 Å². The van der Waals surface area contributed by atoms with Crippen molar-refractivity contribution in [1.29, 1.82) is 0 Å². The third-order valence-corrected chi connectivity index (χ3v) is 3.00. The molecule has 6 heteroatoms. The lowest BCUT2D eigenvalue weighted by Gasteiger charge is -2.44. The summed E-state index contributed by atoms with van der Waals surface area (Å²) >= 11 is 5.84. The van der Waals surface area contributed by atoms with Gasteiger partial charge in [-0.1, -0.05) is 11.6 Å². The summed E-state index contributed by atoms with van der Waals surface area (Å²) in [6.07, 6.45) is 0. The predicted molar refractivity (Wildman–Crippen MR) is 64.0 cm³/mol. The molecule has 0 aliphatic carbocycles. The molecule has 1 heterocycles. The number of nitrogens with zero attached hydrogens (tertiary/aromatic N) is 1. The van der Waals surface area contributed by atoms with Gasteiger partial charge in [0.25, 0.3) is 0 Å². The highest BCUT2D eigenvalue weighted by Gasteiger charge is 2.36. The lowest BCUT2D eigenvalue weighted by atomic mass is 9.96. The van der Waals surface area contributed by atoms with Gasteiger partial charge in [-0.3, -0.25) is 4.90 Å². The Morgan fingerprint density at radius 1 is 1.50 bits per heavy atom. The third-order valence-electron chi connectivity index (χ3n) is 2.76. The normalized spacial score (nSPS) is 18.8. The van der Waals surface area contributed by atoms with Crippen molar-refractivity contribution >= 4 is 11.6 Å². The number of hydrogen-bond donors (Lipinski definition) is 1. The topological polar surface area (TPSA) is 32.7 Å². The number of ether oxygens (including phenoxy) is 1. The first-order valence-corrected chi connectivity index (χ1v) is 5.91. The van der Waals surface area contributed by atoms with Gasteiger partial charge in [-0.05, 0) is 25.1 Å². The maximum absolute atomic E-state index is 12.2. The van der Waals surface area contributed by atoms with Crippen LogP contribution in [0, 0.1) is 0 Å². The molecule has 18 heavy (non-hydrogen) atoms. The van der Waals surface area contributed by atoms with E-state index < -0.39 is 12.2 Å². The van der Waals surface area contributed by atoms with E-state index in [4.69, 9.17) is 11.6 Å². The average Bonchev–Trinajstić information content (AvgIpc) is 2.19. The molecule has 0 atom stereocenters. The summed E-state index contributed by atoms with van der Waals surface area (Å²) in [4.78, 5) is 1.93. The molecule has 1 aromatic carbocycles. The van der Waals surface area contributed by atoms with Crippen LogP contribution in [0.3, 0.4) is 0 Å². The number of β-amino-alcohol motifs (C(OH)–C–C–N with tert-alkyl or cyclic N) is 1. The Bertz CT molecular complexity index is 432. The lowest BCUT2D eigenvalue weighted by molar-refractivity contribution is -0.0886. The van der Waals surface area contributed by atoms with Crippen molar-refractivity contribution in [2.75, 3.05) is 13.1 Å². The molecule has 3 nitrogen and oxygen atoms in total. The Morgan fingerprint density at radius 3 is 2.72 bits per heavy atom. The molecule has 1 aliphatic heterocycles. The molecular weight excluding hydrogens is 264 g/mol. The fraction of sp³-hybridized carbons (Fsp3) is 0.500. The quantitative estimate of drug-likeness (QED) is 0.918. The van der Waals surface area contributed by atoms with Crippen molar-refractivity contribution in [2.45, 2.75) is 25.7 Å². The second-order valence-corrected chi connectivity index (χ2v) is 5.21. The Labute approximate surface area is 109 Å². The van der Waals surface area contributed by atoms with Gasteiger partial charge in [-0.25, -0.2) is 0 Å². The van der Waals surface area contributed by atoms with Gasteiger partial charge < -0.3 is 9.84 Å². The van der Waals surface area contributed by atoms with Crippen LogP contribution in [0.15, 0.2) is 18.2 Å². The predicted octanol–water partition coefficient (Wildman–Crippen LogP) is 2.51. The van der Waals surface area contributed by atoms with Gasteiger partial charge >= 0.3 is 6.61 Å². The van der Waals surface area contributed by atoms with Gasteiger partial charge in [0.15, 0.2) is 0 Å². The molecule has 1 saturated heterocycles. The number of benzene rings is 1. The summed E-state index contributed by atoms with van der Waals surface area (Å²) < 4.78 is 28.9. The zero-order valence-corrected chi connectivity index (χ0v) is 10.6. The van der Waals surface area contributed by atoms with Crippen LogP contribution in [0.25, 0.3) is 0 Å². The van der Waals surface area contributed by atoms with E-state index >= 15 is 0 Å². The number of hydrogen-bond acceptors (Lipinski definition) is 3. The van der Waals surface area contributed by atoms with Crippen molar-refractivity contribution in [2.24, 2.45) is 0 Å².